The highest BCUT2D eigenvalue weighted by atomic mass is 16.5. The van der Waals surface area contributed by atoms with Gasteiger partial charge in [0.2, 0.25) is 0 Å². The molecule has 2 rings (SSSR count). The third kappa shape index (κ3) is 2.92. The lowest BCUT2D eigenvalue weighted by molar-refractivity contribution is 0.148. The molecule has 2 fully saturated rings. The van der Waals surface area contributed by atoms with Crippen molar-refractivity contribution in [2.75, 3.05) is 32.8 Å². The molecule has 15 heavy (non-hydrogen) atoms. The first-order valence-electron chi connectivity index (χ1n) is 5.89. The van der Waals surface area contributed by atoms with Crippen molar-refractivity contribution in [1.82, 2.24) is 4.90 Å². The summed E-state index contributed by atoms with van der Waals surface area (Å²) in [5, 5.41) is 7.49. The van der Waals surface area contributed by atoms with Crippen LogP contribution >= 0.6 is 0 Å². The number of nitrogens with one attached hydrogen (secondary N) is 1. The fourth-order valence-corrected chi connectivity index (χ4v) is 2.57. The topological polar surface area (TPSA) is 62.3 Å². The minimum Gasteiger partial charge on any atom is -0.387 e. The molecule has 2 saturated heterocycles. The SMILES string of the molecule is N=C(N)C1CCCN(CC2CCOC2)C1. The number of nitrogens with zero attached hydrogens (tertiary/aromatic N) is 1. The molecular weight excluding hydrogens is 190 g/mol. The second kappa shape index (κ2) is 4.94. The van der Waals surface area contributed by atoms with E-state index < -0.39 is 0 Å². The van der Waals surface area contributed by atoms with Gasteiger partial charge in [-0.2, -0.15) is 0 Å². The van der Waals surface area contributed by atoms with Gasteiger partial charge < -0.3 is 15.4 Å². The van der Waals surface area contributed by atoms with Crippen molar-refractivity contribution in [3.05, 3.63) is 0 Å². The lowest BCUT2D eigenvalue weighted by Gasteiger charge is -2.33. The summed E-state index contributed by atoms with van der Waals surface area (Å²) in [4.78, 5) is 2.45. The second-order valence-corrected chi connectivity index (χ2v) is 4.78. The fourth-order valence-electron chi connectivity index (χ4n) is 2.57. The minimum absolute atomic E-state index is 0.293. The molecule has 0 amide bonds. The Morgan fingerprint density at radius 2 is 2.33 bits per heavy atom. The molecule has 3 N–H and O–H groups in total. The lowest BCUT2D eigenvalue weighted by atomic mass is 9.96. The van der Waals surface area contributed by atoms with Gasteiger partial charge in [-0.15, -0.1) is 0 Å². The van der Waals surface area contributed by atoms with Gasteiger partial charge in [-0.1, -0.05) is 0 Å². The summed E-state index contributed by atoms with van der Waals surface area (Å²) in [6.07, 6.45) is 3.46. The molecule has 0 spiro atoms. The molecule has 86 valence electrons. The summed E-state index contributed by atoms with van der Waals surface area (Å²) >= 11 is 0. The Labute approximate surface area is 91.3 Å². The molecule has 4 heteroatoms. The van der Waals surface area contributed by atoms with Gasteiger partial charge in [0.05, 0.1) is 12.4 Å². The first kappa shape index (κ1) is 10.9. The largest absolute Gasteiger partial charge is 0.387 e. The van der Waals surface area contributed by atoms with Crippen LogP contribution in [-0.4, -0.2) is 43.6 Å². The molecule has 2 aliphatic rings. The zero-order valence-electron chi connectivity index (χ0n) is 9.24. The first-order valence-corrected chi connectivity index (χ1v) is 5.89. The molecule has 0 aromatic rings. The van der Waals surface area contributed by atoms with Crippen LogP contribution in [0.5, 0.6) is 0 Å². The van der Waals surface area contributed by atoms with Crippen molar-refractivity contribution < 1.29 is 4.74 Å². The smallest absolute Gasteiger partial charge is 0.0949 e. The van der Waals surface area contributed by atoms with Gasteiger partial charge in [-0.25, -0.2) is 0 Å². The lowest BCUT2D eigenvalue weighted by Crippen LogP contribution is -2.42. The summed E-state index contributed by atoms with van der Waals surface area (Å²) < 4.78 is 5.38. The number of amidine groups is 1. The maximum Gasteiger partial charge on any atom is 0.0949 e. The van der Waals surface area contributed by atoms with Crippen LogP contribution < -0.4 is 5.73 Å². The third-order valence-electron chi connectivity index (χ3n) is 3.49. The Balaban J connectivity index is 1.79. The molecule has 2 unspecified atom stereocenters. The van der Waals surface area contributed by atoms with Gasteiger partial charge in [-0.3, -0.25) is 5.41 Å². The summed E-state index contributed by atoms with van der Waals surface area (Å²) in [5.41, 5.74) is 5.57. The predicted octanol–water partition coefficient (Wildman–Crippen LogP) is 0.671. The highest BCUT2D eigenvalue weighted by Crippen LogP contribution is 2.20. The van der Waals surface area contributed by atoms with Gasteiger partial charge in [0.15, 0.2) is 0 Å². The Bertz CT molecular complexity index is 226. The Morgan fingerprint density at radius 1 is 1.47 bits per heavy atom. The zero-order valence-corrected chi connectivity index (χ0v) is 9.24. The van der Waals surface area contributed by atoms with Gasteiger partial charge >= 0.3 is 0 Å². The number of likely N-dealkylation sites (tertiary alicyclic amines) is 1. The predicted molar refractivity (Wildman–Crippen MR) is 60.0 cm³/mol. The van der Waals surface area contributed by atoms with Crippen LogP contribution in [0.15, 0.2) is 0 Å². The van der Waals surface area contributed by atoms with Gasteiger partial charge in [0.1, 0.15) is 0 Å². The molecule has 0 aromatic carbocycles. The zero-order chi connectivity index (χ0) is 10.7. The number of hydrogen-bond acceptors (Lipinski definition) is 3. The highest BCUT2D eigenvalue weighted by molar-refractivity contribution is 5.79. The Morgan fingerprint density at radius 3 is 3.00 bits per heavy atom. The molecular formula is C11H21N3O. The summed E-state index contributed by atoms with van der Waals surface area (Å²) in [6, 6.07) is 0. The van der Waals surface area contributed by atoms with Crippen molar-refractivity contribution in [1.29, 1.82) is 5.41 Å². The molecule has 2 atom stereocenters. The molecule has 4 nitrogen and oxygen atoms in total. The highest BCUT2D eigenvalue weighted by Gasteiger charge is 2.25. The van der Waals surface area contributed by atoms with E-state index in [0.717, 1.165) is 32.7 Å². The minimum atomic E-state index is 0.293. The molecule has 2 heterocycles. The van der Waals surface area contributed by atoms with E-state index in [0.29, 0.717) is 17.7 Å². The van der Waals surface area contributed by atoms with Crippen LogP contribution in [-0.2, 0) is 4.74 Å². The summed E-state index contributed by atoms with van der Waals surface area (Å²) in [7, 11) is 0. The Kier molecular flexibility index (Phi) is 3.59. The van der Waals surface area contributed by atoms with Gasteiger partial charge in [-0.05, 0) is 31.7 Å². The van der Waals surface area contributed by atoms with Gasteiger partial charge in [0.25, 0.3) is 0 Å². The van der Waals surface area contributed by atoms with Crippen LogP contribution in [0.4, 0.5) is 0 Å². The van der Waals surface area contributed by atoms with E-state index in [9.17, 15) is 0 Å². The number of nitrogens with two attached hydrogens (primary N) is 1. The molecule has 0 radical (unpaired) electrons. The average molecular weight is 211 g/mol. The molecule has 2 aliphatic heterocycles. The van der Waals surface area contributed by atoms with E-state index in [2.05, 4.69) is 4.90 Å². The average Bonchev–Trinajstić information content (AvgIpc) is 2.71. The van der Waals surface area contributed by atoms with Crippen LogP contribution in [0.25, 0.3) is 0 Å². The van der Waals surface area contributed by atoms with E-state index in [1.165, 1.54) is 19.4 Å². The van der Waals surface area contributed by atoms with E-state index in [1.54, 1.807) is 0 Å². The van der Waals surface area contributed by atoms with Gasteiger partial charge in [0, 0.05) is 25.6 Å². The summed E-state index contributed by atoms with van der Waals surface area (Å²) in [6.45, 7) is 5.12. The fraction of sp³-hybridized carbons (Fsp3) is 0.909. The van der Waals surface area contributed by atoms with Crippen LogP contribution in [0.3, 0.4) is 0 Å². The van der Waals surface area contributed by atoms with Crippen molar-refractivity contribution >= 4 is 5.84 Å². The standard InChI is InChI=1S/C11H21N3O/c12-11(13)10-2-1-4-14(7-10)6-9-3-5-15-8-9/h9-10H,1-8H2,(H3,12,13). The van der Waals surface area contributed by atoms with Crippen LogP contribution in [0.2, 0.25) is 0 Å². The maximum absolute atomic E-state index is 7.49. The van der Waals surface area contributed by atoms with Crippen molar-refractivity contribution in [3.63, 3.8) is 0 Å². The number of ether oxygens (including phenoxy) is 1. The van der Waals surface area contributed by atoms with Crippen molar-refractivity contribution in [2.45, 2.75) is 19.3 Å². The van der Waals surface area contributed by atoms with Crippen molar-refractivity contribution in [2.24, 2.45) is 17.6 Å². The third-order valence-corrected chi connectivity index (χ3v) is 3.49. The summed E-state index contributed by atoms with van der Waals surface area (Å²) in [5.74, 6) is 1.36. The number of piperidine rings is 1. The molecule has 0 saturated carbocycles. The number of rotatable bonds is 3. The van der Waals surface area contributed by atoms with E-state index in [-0.39, 0.29) is 0 Å². The quantitative estimate of drug-likeness (QED) is 0.533. The first-order chi connectivity index (χ1) is 7.25. The van der Waals surface area contributed by atoms with Crippen LogP contribution in [0.1, 0.15) is 19.3 Å². The van der Waals surface area contributed by atoms with E-state index in [4.69, 9.17) is 15.9 Å². The Hall–Kier alpha value is -0.610. The second-order valence-electron chi connectivity index (χ2n) is 4.78. The molecule has 0 aromatic heterocycles. The normalized spacial score (nSPS) is 33.1. The van der Waals surface area contributed by atoms with E-state index >= 15 is 0 Å². The monoisotopic (exact) mass is 211 g/mol. The van der Waals surface area contributed by atoms with Crippen LogP contribution in [0, 0.1) is 17.2 Å². The molecule has 0 bridgehead atoms. The van der Waals surface area contributed by atoms with Crippen molar-refractivity contribution in [3.8, 4) is 0 Å². The molecule has 0 aliphatic carbocycles. The number of hydrogen-bond donors (Lipinski definition) is 2. The van der Waals surface area contributed by atoms with E-state index in [1.807, 2.05) is 0 Å². The maximum atomic E-state index is 7.49.